The zero-order valence-corrected chi connectivity index (χ0v) is 14.0. The third-order valence-corrected chi connectivity index (χ3v) is 5.28. The van der Waals surface area contributed by atoms with E-state index in [1.165, 1.54) is 5.56 Å². The van der Waals surface area contributed by atoms with Crippen LogP contribution in [0.4, 0.5) is 0 Å². The molecule has 126 valence electrons. The normalized spacial score (nSPS) is 28.7. The van der Waals surface area contributed by atoms with Gasteiger partial charge in [-0.05, 0) is 50.1 Å². The second-order valence-corrected chi connectivity index (χ2v) is 6.91. The molecule has 0 radical (unpaired) electrons. The lowest BCUT2D eigenvalue weighted by molar-refractivity contribution is -0.123. The molecule has 1 aromatic rings. The predicted octanol–water partition coefficient (Wildman–Crippen LogP) is 2.55. The highest BCUT2D eigenvalue weighted by molar-refractivity contribution is 5.78. The maximum Gasteiger partial charge on any atom is 0.234 e. The molecule has 0 aromatic heterocycles. The fourth-order valence-corrected chi connectivity index (χ4v) is 3.89. The highest BCUT2D eigenvalue weighted by atomic mass is 16.5. The Morgan fingerprint density at radius 2 is 1.91 bits per heavy atom. The van der Waals surface area contributed by atoms with Gasteiger partial charge in [0.05, 0.1) is 12.6 Å². The van der Waals surface area contributed by atoms with E-state index in [1.807, 2.05) is 0 Å². The standard InChI is InChI=1S/C19H28N2O2/c1-23-18-9-7-17(8-10-18)20-19(22)14-21-12-11-16(13-21)15-5-3-2-4-6-15/h2-6,16-18H,7-14H2,1H3,(H,20,22). The maximum atomic E-state index is 12.3. The molecule has 3 rings (SSSR count). The Labute approximate surface area is 139 Å². The molecule has 1 saturated heterocycles. The van der Waals surface area contributed by atoms with Gasteiger partial charge in [0.1, 0.15) is 0 Å². The molecule has 0 bridgehead atoms. The van der Waals surface area contributed by atoms with Crippen molar-refractivity contribution < 1.29 is 9.53 Å². The predicted molar refractivity (Wildman–Crippen MR) is 91.4 cm³/mol. The molecule has 1 unspecified atom stereocenters. The molecule has 2 aliphatic rings. The average molecular weight is 316 g/mol. The van der Waals surface area contributed by atoms with Gasteiger partial charge >= 0.3 is 0 Å². The first kappa shape index (κ1) is 16.5. The number of amides is 1. The van der Waals surface area contributed by atoms with Crippen LogP contribution in [0.25, 0.3) is 0 Å². The van der Waals surface area contributed by atoms with Crippen LogP contribution in [0.5, 0.6) is 0 Å². The molecule has 2 fully saturated rings. The van der Waals surface area contributed by atoms with E-state index in [0.717, 1.165) is 45.2 Å². The van der Waals surface area contributed by atoms with Crippen molar-refractivity contribution in [2.45, 2.75) is 50.2 Å². The van der Waals surface area contributed by atoms with Gasteiger partial charge in [-0.15, -0.1) is 0 Å². The number of hydrogen-bond donors (Lipinski definition) is 1. The smallest absolute Gasteiger partial charge is 0.234 e. The summed E-state index contributed by atoms with van der Waals surface area (Å²) in [6.45, 7) is 2.55. The van der Waals surface area contributed by atoms with Crippen LogP contribution in [0.2, 0.25) is 0 Å². The maximum absolute atomic E-state index is 12.3. The van der Waals surface area contributed by atoms with Gasteiger partial charge in [0, 0.05) is 19.7 Å². The lowest BCUT2D eigenvalue weighted by atomic mass is 9.93. The summed E-state index contributed by atoms with van der Waals surface area (Å²) in [5, 5.41) is 3.21. The molecule has 1 N–H and O–H groups in total. The molecule has 4 heteroatoms. The van der Waals surface area contributed by atoms with Gasteiger partial charge in [0.2, 0.25) is 5.91 Å². The van der Waals surface area contributed by atoms with Crippen LogP contribution in [0.1, 0.15) is 43.6 Å². The van der Waals surface area contributed by atoms with Crippen molar-refractivity contribution >= 4 is 5.91 Å². The van der Waals surface area contributed by atoms with Crippen LogP contribution < -0.4 is 5.32 Å². The average Bonchev–Trinajstić information content (AvgIpc) is 3.04. The summed E-state index contributed by atoms with van der Waals surface area (Å²) in [4.78, 5) is 14.6. The Balaban J connectivity index is 1.41. The van der Waals surface area contributed by atoms with Gasteiger partial charge in [0.25, 0.3) is 0 Å². The summed E-state index contributed by atoms with van der Waals surface area (Å²) in [6.07, 6.45) is 5.72. The van der Waals surface area contributed by atoms with Crippen LogP contribution in [0.3, 0.4) is 0 Å². The number of carbonyl (C=O) groups excluding carboxylic acids is 1. The Bertz CT molecular complexity index is 497. The first-order chi connectivity index (χ1) is 11.2. The van der Waals surface area contributed by atoms with Gasteiger partial charge in [-0.2, -0.15) is 0 Å². The molecule has 1 aliphatic heterocycles. The topological polar surface area (TPSA) is 41.6 Å². The number of nitrogens with one attached hydrogen (secondary N) is 1. The van der Waals surface area contributed by atoms with E-state index < -0.39 is 0 Å². The zero-order chi connectivity index (χ0) is 16.1. The number of rotatable bonds is 5. The van der Waals surface area contributed by atoms with E-state index in [4.69, 9.17) is 4.74 Å². The summed E-state index contributed by atoms with van der Waals surface area (Å²) in [5.41, 5.74) is 1.40. The monoisotopic (exact) mass is 316 g/mol. The molecular weight excluding hydrogens is 288 g/mol. The summed E-state index contributed by atoms with van der Waals surface area (Å²) in [6, 6.07) is 11.0. The number of methoxy groups -OCH3 is 1. The lowest BCUT2D eigenvalue weighted by Crippen LogP contribution is -2.43. The molecule has 1 heterocycles. The second-order valence-electron chi connectivity index (χ2n) is 6.91. The minimum Gasteiger partial charge on any atom is -0.381 e. The summed E-state index contributed by atoms with van der Waals surface area (Å²) < 4.78 is 5.38. The highest BCUT2D eigenvalue weighted by Crippen LogP contribution is 2.26. The minimum absolute atomic E-state index is 0.180. The number of hydrogen-bond acceptors (Lipinski definition) is 3. The van der Waals surface area contributed by atoms with Crippen molar-refractivity contribution in [2.24, 2.45) is 0 Å². The fourth-order valence-electron chi connectivity index (χ4n) is 3.89. The van der Waals surface area contributed by atoms with Crippen molar-refractivity contribution in [3.63, 3.8) is 0 Å². The van der Waals surface area contributed by atoms with Gasteiger partial charge in [-0.1, -0.05) is 30.3 Å². The van der Waals surface area contributed by atoms with Crippen LogP contribution in [0, 0.1) is 0 Å². The molecule has 0 spiro atoms. The number of ether oxygens (including phenoxy) is 1. The molecule has 1 atom stereocenters. The SMILES string of the molecule is COC1CCC(NC(=O)CN2CCC(c3ccccc3)C2)CC1. The number of carbonyl (C=O) groups is 1. The Hall–Kier alpha value is -1.39. The van der Waals surface area contributed by atoms with E-state index in [1.54, 1.807) is 7.11 Å². The summed E-state index contributed by atoms with van der Waals surface area (Å²) >= 11 is 0. The van der Waals surface area contributed by atoms with Gasteiger partial charge < -0.3 is 10.1 Å². The molecule has 23 heavy (non-hydrogen) atoms. The van der Waals surface area contributed by atoms with Crippen LogP contribution in [-0.4, -0.2) is 49.7 Å². The van der Waals surface area contributed by atoms with Crippen LogP contribution in [0.15, 0.2) is 30.3 Å². The quantitative estimate of drug-likeness (QED) is 0.908. The van der Waals surface area contributed by atoms with Crippen LogP contribution in [-0.2, 0) is 9.53 Å². The first-order valence-corrected chi connectivity index (χ1v) is 8.84. The van der Waals surface area contributed by atoms with Crippen molar-refractivity contribution in [3.8, 4) is 0 Å². The number of nitrogens with zero attached hydrogens (tertiary/aromatic N) is 1. The van der Waals surface area contributed by atoms with E-state index in [2.05, 4.69) is 40.5 Å². The Kier molecular flexibility index (Phi) is 5.68. The molecular formula is C19H28N2O2. The summed E-state index contributed by atoms with van der Waals surface area (Å²) in [5.74, 6) is 0.751. The fraction of sp³-hybridized carbons (Fsp3) is 0.632. The molecule has 1 amide bonds. The van der Waals surface area contributed by atoms with Crippen LogP contribution >= 0.6 is 0 Å². The molecule has 1 saturated carbocycles. The third kappa shape index (κ3) is 4.55. The van der Waals surface area contributed by atoms with Gasteiger partial charge in [-0.3, -0.25) is 9.69 Å². The van der Waals surface area contributed by atoms with E-state index in [-0.39, 0.29) is 5.91 Å². The lowest BCUT2D eigenvalue weighted by Gasteiger charge is -2.28. The van der Waals surface area contributed by atoms with Gasteiger partial charge in [0.15, 0.2) is 0 Å². The minimum atomic E-state index is 0.180. The molecule has 1 aliphatic carbocycles. The highest BCUT2D eigenvalue weighted by Gasteiger charge is 2.27. The first-order valence-electron chi connectivity index (χ1n) is 8.84. The third-order valence-electron chi connectivity index (χ3n) is 5.28. The second kappa shape index (κ2) is 7.93. The summed E-state index contributed by atoms with van der Waals surface area (Å²) in [7, 11) is 1.78. The Morgan fingerprint density at radius 1 is 1.17 bits per heavy atom. The van der Waals surface area contributed by atoms with Crippen molar-refractivity contribution in [2.75, 3.05) is 26.7 Å². The molecule has 4 nitrogen and oxygen atoms in total. The van der Waals surface area contributed by atoms with E-state index >= 15 is 0 Å². The van der Waals surface area contributed by atoms with Gasteiger partial charge in [-0.25, -0.2) is 0 Å². The Morgan fingerprint density at radius 3 is 2.61 bits per heavy atom. The van der Waals surface area contributed by atoms with Crippen molar-refractivity contribution in [1.82, 2.24) is 10.2 Å². The zero-order valence-electron chi connectivity index (χ0n) is 14.0. The number of benzene rings is 1. The number of likely N-dealkylation sites (tertiary alicyclic amines) is 1. The van der Waals surface area contributed by atoms with Crippen molar-refractivity contribution in [3.05, 3.63) is 35.9 Å². The van der Waals surface area contributed by atoms with E-state index in [0.29, 0.717) is 24.6 Å². The van der Waals surface area contributed by atoms with E-state index in [9.17, 15) is 4.79 Å². The van der Waals surface area contributed by atoms with Crippen molar-refractivity contribution in [1.29, 1.82) is 0 Å². The molecule has 1 aromatic carbocycles. The largest absolute Gasteiger partial charge is 0.381 e.